The zero-order valence-electron chi connectivity index (χ0n) is 28.5. The van der Waals surface area contributed by atoms with Crippen molar-refractivity contribution in [2.75, 3.05) is 49.6 Å². The maximum absolute atomic E-state index is 15.6. The number of ether oxygens (including phenoxy) is 2. The maximum atomic E-state index is 15.6. The van der Waals surface area contributed by atoms with E-state index in [9.17, 15) is 9.59 Å². The first-order valence-corrected chi connectivity index (χ1v) is 16.4. The van der Waals surface area contributed by atoms with E-state index in [4.69, 9.17) is 26.8 Å². The van der Waals surface area contributed by atoms with Gasteiger partial charge in [0.15, 0.2) is 5.75 Å². The summed E-state index contributed by atoms with van der Waals surface area (Å²) in [5, 5.41) is 3.16. The van der Waals surface area contributed by atoms with Crippen LogP contribution in [0.2, 0.25) is 5.02 Å². The second kappa shape index (κ2) is 20.9. The highest BCUT2D eigenvalue weighted by Crippen LogP contribution is 2.39. The first-order valence-electron chi connectivity index (χ1n) is 16.0. The zero-order valence-corrected chi connectivity index (χ0v) is 31.7. The van der Waals surface area contributed by atoms with Crippen LogP contribution in [0.5, 0.6) is 17.2 Å². The third-order valence-corrected chi connectivity index (χ3v) is 8.41. The molecule has 1 aliphatic rings. The third-order valence-electron chi connectivity index (χ3n) is 8.18. The quantitative estimate of drug-likeness (QED) is 0.142. The molecule has 276 valence electrons. The van der Waals surface area contributed by atoms with Crippen molar-refractivity contribution in [3.8, 4) is 17.2 Å². The van der Waals surface area contributed by atoms with E-state index in [1.807, 2.05) is 49.4 Å². The van der Waals surface area contributed by atoms with Gasteiger partial charge in [0.05, 0.1) is 30.7 Å². The Morgan fingerprint density at radius 2 is 1.67 bits per heavy atom. The molecule has 2 amide bonds. The highest BCUT2D eigenvalue weighted by Gasteiger charge is 2.28. The number of hydrogen-bond donors (Lipinski definition) is 2. The number of carbonyl (C=O) groups is 2. The highest BCUT2D eigenvalue weighted by molar-refractivity contribution is 6.31. The summed E-state index contributed by atoms with van der Waals surface area (Å²) in [4.78, 5) is 32.1. The Balaban J connectivity index is 0.00000300. The molecule has 0 aromatic heterocycles. The molecule has 51 heavy (non-hydrogen) atoms. The largest absolute Gasteiger partial charge is 0.495 e. The summed E-state index contributed by atoms with van der Waals surface area (Å²) in [5.41, 5.74) is 8.77. The molecule has 1 aliphatic heterocycles. The van der Waals surface area contributed by atoms with E-state index in [-0.39, 0.29) is 62.1 Å². The second-order valence-corrected chi connectivity index (χ2v) is 12.0. The number of amides is 2. The number of anilines is 3. The number of benzene rings is 4. The number of nitrogens with zero attached hydrogens (tertiary/aromatic N) is 3. The Hall–Kier alpha value is -3.77. The summed E-state index contributed by atoms with van der Waals surface area (Å²) < 4.78 is 27.4. The molecule has 1 fully saturated rings. The molecular weight excluding hydrogens is 739 g/mol. The van der Waals surface area contributed by atoms with Gasteiger partial charge in [0, 0.05) is 62.3 Å². The summed E-state index contributed by atoms with van der Waals surface area (Å²) in [5.74, 6) is 0.681. The summed E-state index contributed by atoms with van der Waals surface area (Å²) in [6.07, 6.45) is 1.06. The number of nitrogens with two attached hydrogens (primary N) is 1. The molecule has 0 saturated carbocycles. The Morgan fingerprint density at radius 3 is 2.35 bits per heavy atom. The van der Waals surface area contributed by atoms with Crippen LogP contribution in [-0.2, 0) is 22.7 Å². The van der Waals surface area contributed by atoms with Crippen LogP contribution in [0.3, 0.4) is 0 Å². The van der Waals surface area contributed by atoms with Crippen molar-refractivity contribution in [3.63, 3.8) is 0 Å². The molecule has 0 bridgehead atoms. The van der Waals surface area contributed by atoms with Crippen LogP contribution in [0.4, 0.5) is 21.5 Å². The Morgan fingerprint density at radius 1 is 0.922 bits per heavy atom. The minimum Gasteiger partial charge on any atom is -0.495 e. The lowest BCUT2D eigenvalue weighted by Gasteiger charge is -2.37. The molecule has 4 aromatic carbocycles. The fourth-order valence-corrected chi connectivity index (χ4v) is 5.82. The molecule has 5 rings (SSSR count). The van der Waals surface area contributed by atoms with Gasteiger partial charge in [-0.1, -0.05) is 48.9 Å². The summed E-state index contributed by atoms with van der Waals surface area (Å²) in [6, 6.07) is 24.8. The normalized spacial score (nSPS) is 12.5. The predicted octanol–water partition coefficient (Wildman–Crippen LogP) is 7.91. The van der Waals surface area contributed by atoms with Crippen molar-refractivity contribution in [3.05, 3.63) is 107 Å². The van der Waals surface area contributed by atoms with E-state index in [0.717, 1.165) is 17.0 Å². The Bertz CT molecular complexity index is 1740. The molecule has 14 heteroatoms. The first-order chi connectivity index (χ1) is 23.3. The van der Waals surface area contributed by atoms with Gasteiger partial charge in [-0.2, -0.15) is 0 Å². The molecule has 0 spiro atoms. The van der Waals surface area contributed by atoms with E-state index in [2.05, 4.69) is 15.1 Å². The van der Waals surface area contributed by atoms with Crippen LogP contribution in [-0.4, -0.2) is 56.5 Å². The fourth-order valence-electron chi connectivity index (χ4n) is 5.66. The van der Waals surface area contributed by atoms with E-state index in [1.54, 1.807) is 43.5 Å². The molecule has 9 nitrogen and oxygen atoms in total. The maximum Gasteiger partial charge on any atom is 0.245 e. The van der Waals surface area contributed by atoms with Crippen molar-refractivity contribution in [2.24, 2.45) is 5.73 Å². The molecule has 0 aliphatic carbocycles. The Labute approximate surface area is 322 Å². The van der Waals surface area contributed by atoms with Crippen LogP contribution in [0.25, 0.3) is 0 Å². The van der Waals surface area contributed by atoms with E-state index >= 15 is 4.39 Å². The topological polar surface area (TPSA) is 100 Å². The van der Waals surface area contributed by atoms with Crippen molar-refractivity contribution in [1.29, 1.82) is 0 Å². The minimum absolute atomic E-state index is 0. The molecule has 3 N–H and O–H groups in total. The summed E-state index contributed by atoms with van der Waals surface area (Å²) in [6.45, 7) is 5.05. The van der Waals surface area contributed by atoms with Gasteiger partial charge in [-0.15, -0.1) is 37.2 Å². The number of para-hydroxylation sites is 2. The lowest BCUT2D eigenvalue weighted by atomic mass is 10.1. The SMILES string of the molecule is CCCC(=O)NCc1ccc(N(C(=O)CN2CCN(c3ccccc3OC)CC2)c2ccc(Cl)cc2Oc2cccc(CN)c2)cc1F.Cl.Cl.Cl. The molecule has 0 radical (unpaired) electrons. The number of hydrogen-bond acceptors (Lipinski definition) is 7. The van der Waals surface area contributed by atoms with Gasteiger partial charge in [0.1, 0.15) is 17.3 Å². The molecule has 4 aromatic rings. The van der Waals surface area contributed by atoms with Crippen LogP contribution in [0, 0.1) is 5.82 Å². The molecule has 1 saturated heterocycles. The van der Waals surface area contributed by atoms with E-state index in [1.165, 1.54) is 11.0 Å². The van der Waals surface area contributed by atoms with Gasteiger partial charge in [-0.05, 0) is 60.5 Å². The number of piperazine rings is 1. The summed E-state index contributed by atoms with van der Waals surface area (Å²) in [7, 11) is 1.66. The monoisotopic (exact) mass is 781 g/mol. The van der Waals surface area contributed by atoms with Crippen molar-refractivity contribution in [2.45, 2.75) is 32.9 Å². The van der Waals surface area contributed by atoms with Crippen molar-refractivity contribution in [1.82, 2.24) is 10.2 Å². The summed E-state index contributed by atoms with van der Waals surface area (Å²) >= 11 is 6.42. The molecular formula is C37H44Cl4FN5O4. The van der Waals surface area contributed by atoms with Gasteiger partial charge >= 0.3 is 0 Å². The second-order valence-electron chi connectivity index (χ2n) is 11.5. The van der Waals surface area contributed by atoms with Gasteiger partial charge in [0.25, 0.3) is 0 Å². The number of nitrogens with one attached hydrogen (secondary N) is 1. The van der Waals surface area contributed by atoms with E-state index in [0.29, 0.717) is 79.0 Å². The molecule has 0 atom stereocenters. The molecule has 1 heterocycles. The first kappa shape index (κ1) is 43.4. The van der Waals surface area contributed by atoms with Crippen LogP contribution < -0.4 is 30.3 Å². The van der Waals surface area contributed by atoms with Gasteiger partial charge < -0.3 is 25.4 Å². The van der Waals surface area contributed by atoms with Crippen LogP contribution >= 0.6 is 48.8 Å². The Kier molecular flexibility index (Phi) is 17.8. The van der Waals surface area contributed by atoms with Crippen molar-refractivity contribution >= 4 is 77.7 Å². The highest BCUT2D eigenvalue weighted by atomic mass is 35.5. The lowest BCUT2D eigenvalue weighted by Crippen LogP contribution is -2.49. The standard InChI is InChI=1S/C37H41ClFN5O4.3ClH/c1-3-7-36(45)41-24-27-12-14-29(22-31(27)39)44(33-15-13-28(38)21-35(33)48-30-9-6-8-26(20-30)23-40)37(46)25-42-16-18-43(19-17-42)32-10-4-5-11-34(32)47-2;;;/h4-6,8-15,20-22H,3,7,16-19,23-25,40H2,1-2H3,(H,41,45);3*1H. The van der Waals surface area contributed by atoms with Gasteiger partial charge in [0.2, 0.25) is 11.8 Å². The number of halogens is 5. The van der Waals surface area contributed by atoms with Gasteiger partial charge in [-0.3, -0.25) is 19.4 Å². The molecule has 0 unspecified atom stereocenters. The van der Waals surface area contributed by atoms with Crippen molar-refractivity contribution < 1.29 is 23.5 Å². The number of rotatable bonds is 13. The average molecular weight is 784 g/mol. The predicted molar refractivity (Wildman–Crippen MR) is 210 cm³/mol. The average Bonchev–Trinajstić information content (AvgIpc) is 3.09. The minimum atomic E-state index is -0.542. The number of methoxy groups -OCH3 is 1. The number of carbonyl (C=O) groups excluding carboxylic acids is 2. The van der Waals surface area contributed by atoms with E-state index < -0.39 is 5.82 Å². The zero-order chi connectivity index (χ0) is 34.0. The third kappa shape index (κ3) is 11.4. The smallest absolute Gasteiger partial charge is 0.245 e. The van der Waals surface area contributed by atoms with Gasteiger partial charge in [-0.25, -0.2) is 4.39 Å². The lowest BCUT2D eigenvalue weighted by molar-refractivity contribution is -0.121. The van der Waals surface area contributed by atoms with Crippen LogP contribution in [0.1, 0.15) is 30.9 Å². The van der Waals surface area contributed by atoms with Crippen LogP contribution in [0.15, 0.2) is 84.9 Å². The fraction of sp³-hybridized carbons (Fsp3) is 0.297.